The van der Waals surface area contributed by atoms with Gasteiger partial charge in [0.2, 0.25) is 0 Å². The van der Waals surface area contributed by atoms with Crippen LogP contribution in [-0.2, 0) is 0 Å². The maximum absolute atomic E-state index is 6.13. The van der Waals surface area contributed by atoms with Crippen LogP contribution < -0.4 is 0 Å². The van der Waals surface area contributed by atoms with Crippen molar-refractivity contribution in [1.82, 2.24) is 5.01 Å². The Hall–Kier alpha value is -1.77. The molecule has 148 valence electrons. The number of nitrogens with zero attached hydrogens (tertiary/aromatic N) is 2. The molecule has 0 spiro atoms. The molecule has 1 atom stereocenters. The van der Waals surface area contributed by atoms with E-state index in [-0.39, 0.29) is 6.04 Å². The third-order valence-electron chi connectivity index (χ3n) is 5.02. The topological polar surface area (TPSA) is 15.6 Å². The molecule has 0 bridgehead atoms. The fraction of sp³-hybridized carbons (Fsp3) is 0.375. The van der Waals surface area contributed by atoms with Gasteiger partial charge in [0.1, 0.15) is 0 Å². The molecular formula is C24H28Cl2N2. The van der Waals surface area contributed by atoms with Crippen LogP contribution in [0, 0.1) is 11.8 Å². The first-order valence-corrected chi connectivity index (χ1v) is 10.7. The van der Waals surface area contributed by atoms with Crippen LogP contribution >= 0.6 is 23.2 Å². The smallest absolute Gasteiger partial charge is 0.0828 e. The second-order valence-electron chi connectivity index (χ2n) is 8.09. The van der Waals surface area contributed by atoms with Gasteiger partial charge in [0.05, 0.1) is 11.7 Å². The SMILES string of the molecule is CC(C)C/C=C(\c1ccc(Cl)cc1)N1N=C(C(C)C)CC1c1ccc(Cl)cc1. The molecule has 3 rings (SSSR count). The summed E-state index contributed by atoms with van der Waals surface area (Å²) in [5, 5.41) is 8.76. The summed E-state index contributed by atoms with van der Waals surface area (Å²) >= 11 is 12.3. The molecule has 1 aliphatic rings. The molecular weight excluding hydrogens is 387 g/mol. The number of halogens is 2. The summed E-state index contributed by atoms with van der Waals surface area (Å²) in [5.74, 6) is 0.990. The van der Waals surface area contributed by atoms with Crippen LogP contribution in [0.2, 0.25) is 10.0 Å². The highest BCUT2D eigenvalue weighted by molar-refractivity contribution is 6.30. The van der Waals surface area contributed by atoms with Crippen LogP contribution in [-0.4, -0.2) is 10.7 Å². The lowest BCUT2D eigenvalue weighted by molar-refractivity contribution is 0.348. The van der Waals surface area contributed by atoms with E-state index >= 15 is 0 Å². The van der Waals surface area contributed by atoms with Gasteiger partial charge >= 0.3 is 0 Å². The Bertz CT molecular complexity index is 849. The van der Waals surface area contributed by atoms with Crippen molar-refractivity contribution in [1.29, 1.82) is 0 Å². The molecule has 0 aliphatic carbocycles. The minimum Gasteiger partial charge on any atom is -0.257 e. The van der Waals surface area contributed by atoms with Gasteiger partial charge in [0, 0.05) is 22.2 Å². The third-order valence-corrected chi connectivity index (χ3v) is 5.53. The van der Waals surface area contributed by atoms with Crippen molar-refractivity contribution in [2.75, 3.05) is 0 Å². The molecule has 0 N–H and O–H groups in total. The van der Waals surface area contributed by atoms with Gasteiger partial charge in [-0.25, -0.2) is 0 Å². The summed E-state index contributed by atoms with van der Waals surface area (Å²) < 4.78 is 0. The Kier molecular flexibility index (Phi) is 6.85. The summed E-state index contributed by atoms with van der Waals surface area (Å²) in [6.45, 7) is 8.89. The summed E-state index contributed by atoms with van der Waals surface area (Å²) in [5.41, 5.74) is 4.73. The maximum atomic E-state index is 6.13. The summed E-state index contributed by atoms with van der Waals surface area (Å²) in [6, 6.07) is 16.4. The van der Waals surface area contributed by atoms with Gasteiger partial charge in [0.25, 0.3) is 0 Å². The zero-order valence-corrected chi connectivity index (χ0v) is 18.5. The standard InChI is InChI=1S/C24H28Cl2N2/c1-16(2)5-14-23(18-6-10-20(25)11-7-18)28-24(15-22(27-28)17(3)4)19-8-12-21(26)13-9-19/h6-14,16-17,24H,5,15H2,1-4H3/b23-14+. The van der Waals surface area contributed by atoms with E-state index in [0.29, 0.717) is 11.8 Å². The number of hydrogen-bond donors (Lipinski definition) is 0. The van der Waals surface area contributed by atoms with Gasteiger partial charge in [-0.2, -0.15) is 5.10 Å². The normalized spacial score (nSPS) is 17.6. The van der Waals surface area contributed by atoms with Crippen LogP contribution in [0.25, 0.3) is 5.70 Å². The first-order valence-electron chi connectivity index (χ1n) is 9.93. The van der Waals surface area contributed by atoms with Gasteiger partial charge in [0.15, 0.2) is 0 Å². The number of allylic oxidation sites excluding steroid dienone is 1. The minimum absolute atomic E-state index is 0.170. The van der Waals surface area contributed by atoms with Crippen molar-refractivity contribution in [3.8, 4) is 0 Å². The van der Waals surface area contributed by atoms with Crippen molar-refractivity contribution in [2.24, 2.45) is 16.9 Å². The fourth-order valence-corrected chi connectivity index (χ4v) is 3.61. The van der Waals surface area contributed by atoms with Crippen LogP contribution in [0.5, 0.6) is 0 Å². The second kappa shape index (κ2) is 9.15. The quantitative estimate of drug-likeness (QED) is 0.469. The molecule has 2 nitrogen and oxygen atoms in total. The Morgan fingerprint density at radius 2 is 1.57 bits per heavy atom. The summed E-state index contributed by atoms with van der Waals surface area (Å²) in [6.07, 6.45) is 4.23. The predicted octanol–water partition coefficient (Wildman–Crippen LogP) is 7.84. The highest BCUT2D eigenvalue weighted by Crippen LogP contribution is 2.39. The minimum atomic E-state index is 0.170. The zero-order valence-electron chi connectivity index (χ0n) is 17.0. The average Bonchev–Trinajstić information content (AvgIpc) is 3.09. The molecule has 0 amide bonds. The Morgan fingerprint density at radius 1 is 1.00 bits per heavy atom. The number of hydrazone groups is 1. The summed E-state index contributed by atoms with van der Waals surface area (Å²) in [4.78, 5) is 0. The molecule has 0 fully saturated rings. The molecule has 0 radical (unpaired) electrons. The molecule has 0 saturated heterocycles. The molecule has 0 aromatic heterocycles. The van der Waals surface area contributed by atoms with Crippen molar-refractivity contribution in [3.05, 3.63) is 75.8 Å². The largest absolute Gasteiger partial charge is 0.257 e. The molecule has 1 aliphatic heterocycles. The lowest BCUT2D eigenvalue weighted by Gasteiger charge is -2.27. The van der Waals surface area contributed by atoms with Crippen LogP contribution in [0.1, 0.15) is 57.7 Å². The van der Waals surface area contributed by atoms with E-state index in [0.717, 1.165) is 34.1 Å². The van der Waals surface area contributed by atoms with Gasteiger partial charge in [-0.3, -0.25) is 5.01 Å². The fourth-order valence-electron chi connectivity index (χ4n) is 3.36. The zero-order chi connectivity index (χ0) is 20.3. The second-order valence-corrected chi connectivity index (χ2v) is 8.96. The Balaban J connectivity index is 2.05. The average molecular weight is 415 g/mol. The van der Waals surface area contributed by atoms with E-state index in [1.54, 1.807) is 0 Å². The highest BCUT2D eigenvalue weighted by atomic mass is 35.5. The number of hydrogen-bond acceptors (Lipinski definition) is 2. The molecule has 4 heteroatoms. The lowest BCUT2D eigenvalue weighted by atomic mass is 9.96. The molecule has 1 unspecified atom stereocenters. The van der Waals surface area contributed by atoms with E-state index in [9.17, 15) is 0 Å². The predicted molar refractivity (Wildman–Crippen MR) is 122 cm³/mol. The molecule has 2 aromatic carbocycles. The van der Waals surface area contributed by atoms with E-state index in [1.807, 2.05) is 24.3 Å². The Morgan fingerprint density at radius 3 is 2.11 bits per heavy atom. The van der Waals surface area contributed by atoms with Crippen LogP contribution in [0.4, 0.5) is 0 Å². The van der Waals surface area contributed by atoms with Crippen molar-refractivity contribution < 1.29 is 0 Å². The van der Waals surface area contributed by atoms with E-state index in [1.165, 1.54) is 11.3 Å². The van der Waals surface area contributed by atoms with Crippen LogP contribution in [0.15, 0.2) is 59.7 Å². The van der Waals surface area contributed by atoms with Crippen molar-refractivity contribution >= 4 is 34.6 Å². The molecule has 2 aromatic rings. The van der Waals surface area contributed by atoms with E-state index < -0.39 is 0 Å². The van der Waals surface area contributed by atoms with Crippen LogP contribution in [0.3, 0.4) is 0 Å². The van der Waals surface area contributed by atoms with E-state index in [2.05, 4.69) is 63.0 Å². The van der Waals surface area contributed by atoms with E-state index in [4.69, 9.17) is 28.3 Å². The number of benzene rings is 2. The van der Waals surface area contributed by atoms with Gasteiger partial charge < -0.3 is 0 Å². The van der Waals surface area contributed by atoms with Gasteiger partial charge in [-0.15, -0.1) is 0 Å². The molecule has 28 heavy (non-hydrogen) atoms. The monoisotopic (exact) mass is 414 g/mol. The maximum Gasteiger partial charge on any atom is 0.0828 e. The number of rotatable bonds is 6. The summed E-state index contributed by atoms with van der Waals surface area (Å²) in [7, 11) is 0. The third kappa shape index (κ3) is 4.98. The molecule has 1 heterocycles. The first kappa shape index (κ1) is 21.0. The Labute approximate surface area is 178 Å². The van der Waals surface area contributed by atoms with Crippen molar-refractivity contribution in [3.63, 3.8) is 0 Å². The molecule has 0 saturated carbocycles. The lowest BCUT2D eigenvalue weighted by Crippen LogP contribution is -2.18. The first-order chi connectivity index (χ1) is 13.3. The van der Waals surface area contributed by atoms with Gasteiger partial charge in [-0.1, -0.05) is 81.2 Å². The van der Waals surface area contributed by atoms with Crippen molar-refractivity contribution in [2.45, 2.75) is 46.6 Å². The van der Waals surface area contributed by atoms with Gasteiger partial charge in [-0.05, 0) is 53.6 Å². The highest BCUT2D eigenvalue weighted by Gasteiger charge is 2.32.